The van der Waals surface area contributed by atoms with E-state index in [-0.39, 0.29) is 0 Å². The standard InChI is InChI=1S/C17H27N3O/c1-13-8-15(10-18-16-5-6-16)9-17(19-13)20(2)11-14-4-3-7-21-12-14/h8-9,14,16,18H,3-7,10-12H2,1-2H3. The fraction of sp³-hybridized carbons (Fsp3) is 0.706. The SMILES string of the molecule is Cc1cc(CNC2CC2)cc(N(C)CC2CCCOC2)n1. The molecule has 0 aromatic carbocycles. The zero-order valence-electron chi connectivity index (χ0n) is 13.3. The normalized spacial score (nSPS) is 22.3. The average Bonchev–Trinajstić information content (AvgIpc) is 3.30. The van der Waals surface area contributed by atoms with Crippen molar-refractivity contribution >= 4 is 5.82 Å². The highest BCUT2D eigenvalue weighted by Crippen LogP contribution is 2.21. The molecule has 1 aromatic rings. The number of anilines is 1. The zero-order valence-corrected chi connectivity index (χ0v) is 13.3. The van der Waals surface area contributed by atoms with Crippen molar-refractivity contribution in [1.29, 1.82) is 0 Å². The van der Waals surface area contributed by atoms with Gasteiger partial charge in [0.15, 0.2) is 0 Å². The van der Waals surface area contributed by atoms with Crippen LogP contribution in [-0.2, 0) is 11.3 Å². The van der Waals surface area contributed by atoms with Crippen molar-refractivity contribution in [3.8, 4) is 0 Å². The van der Waals surface area contributed by atoms with Crippen LogP contribution in [0, 0.1) is 12.8 Å². The fourth-order valence-corrected chi connectivity index (χ4v) is 3.00. The van der Waals surface area contributed by atoms with E-state index in [2.05, 4.69) is 36.3 Å². The van der Waals surface area contributed by atoms with E-state index in [0.717, 1.165) is 43.9 Å². The quantitative estimate of drug-likeness (QED) is 0.873. The summed E-state index contributed by atoms with van der Waals surface area (Å²) in [6.07, 6.45) is 5.12. The highest BCUT2D eigenvalue weighted by Gasteiger charge is 2.20. The minimum Gasteiger partial charge on any atom is -0.381 e. The van der Waals surface area contributed by atoms with E-state index in [1.165, 1.54) is 31.2 Å². The third kappa shape index (κ3) is 4.42. The molecule has 1 saturated heterocycles. The topological polar surface area (TPSA) is 37.4 Å². The highest BCUT2D eigenvalue weighted by atomic mass is 16.5. The Bertz CT molecular complexity index is 467. The van der Waals surface area contributed by atoms with Gasteiger partial charge in [-0.3, -0.25) is 0 Å². The first-order chi connectivity index (χ1) is 10.2. The first-order valence-electron chi connectivity index (χ1n) is 8.20. The molecule has 1 aromatic heterocycles. The van der Waals surface area contributed by atoms with E-state index in [4.69, 9.17) is 9.72 Å². The molecule has 2 heterocycles. The molecule has 2 fully saturated rings. The molecule has 4 heteroatoms. The van der Waals surface area contributed by atoms with Gasteiger partial charge in [0.1, 0.15) is 5.82 Å². The summed E-state index contributed by atoms with van der Waals surface area (Å²) >= 11 is 0. The minimum atomic E-state index is 0.638. The number of pyridine rings is 1. The smallest absolute Gasteiger partial charge is 0.128 e. The Kier molecular flexibility index (Phi) is 4.76. The van der Waals surface area contributed by atoms with Crippen LogP contribution < -0.4 is 10.2 Å². The molecule has 1 unspecified atom stereocenters. The van der Waals surface area contributed by atoms with Crippen molar-refractivity contribution in [2.75, 3.05) is 31.7 Å². The summed E-state index contributed by atoms with van der Waals surface area (Å²) in [6.45, 7) is 5.90. The van der Waals surface area contributed by atoms with Gasteiger partial charge < -0.3 is 15.0 Å². The van der Waals surface area contributed by atoms with Crippen LogP contribution in [0.5, 0.6) is 0 Å². The number of ether oxygens (including phenoxy) is 1. The first-order valence-corrected chi connectivity index (χ1v) is 8.20. The van der Waals surface area contributed by atoms with Crippen molar-refractivity contribution < 1.29 is 4.74 Å². The van der Waals surface area contributed by atoms with Gasteiger partial charge in [0.05, 0.1) is 6.61 Å². The monoisotopic (exact) mass is 289 g/mol. The molecule has 1 N–H and O–H groups in total. The Morgan fingerprint density at radius 1 is 1.33 bits per heavy atom. The first kappa shape index (κ1) is 14.8. The molecule has 1 aliphatic carbocycles. The number of aromatic nitrogens is 1. The predicted molar refractivity (Wildman–Crippen MR) is 85.6 cm³/mol. The summed E-state index contributed by atoms with van der Waals surface area (Å²) in [5, 5.41) is 3.58. The Morgan fingerprint density at radius 3 is 2.90 bits per heavy atom. The van der Waals surface area contributed by atoms with Gasteiger partial charge in [0.2, 0.25) is 0 Å². The predicted octanol–water partition coefficient (Wildman–Crippen LogP) is 2.50. The third-order valence-corrected chi connectivity index (χ3v) is 4.35. The molecule has 116 valence electrons. The number of hydrogen-bond donors (Lipinski definition) is 1. The van der Waals surface area contributed by atoms with Crippen molar-refractivity contribution in [2.24, 2.45) is 5.92 Å². The van der Waals surface area contributed by atoms with Gasteiger partial charge >= 0.3 is 0 Å². The lowest BCUT2D eigenvalue weighted by Gasteiger charge is -2.28. The summed E-state index contributed by atoms with van der Waals surface area (Å²) < 4.78 is 5.58. The van der Waals surface area contributed by atoms with Crippen LogP contribution in [0.3, 0.4) is 0 Å². The van der Waals surface area contributed by atoms with Crippen LogP contribution >= 0.6 is 0 Å². The number of aryl methyl sites for hydroxylation is 1. The molecule has 1 atom stereocenters. The van der Waals surface area contributed by atoms with Gasteiger partial charge in [0, 0.05) is 38.5 Å². The largest absolute Gasteiger partial charge is 0.381 e. The maximum absolute atomic E-state index is 5.58. The van der Waals surface area contributed by atoms with Gasteiger partial charge in [-0.05, 0) is 56.2 Å². The summed E-state index contributed by atoms with van der Waals surface area (Å²) in [7, 11) is 2.15. The lowest BCUT2D eigenvalue weighted by molar-refractivity contribution is 0.0576. The molecule has 0 bridgehead atoms. The van der Waals surface area contributed by atoms with Crippen LogP contribution in [0.25, 0.3) is 0 Å². The van der Waals surface area contributed by atoms with Crippen LogP contribution in [0.1, 0.15) is 36.9 Å². The average molecular weight is 289 g/mol. The maximum atomic E-state index is 5.58. The molecule has 21 heavy (non-hydrogen) atoms. The molecule has 3 rings (SSSR count). The van der Waals surface area contributed by atoms with Gasteiger partial charge in [0.25, 0.3) is 0 Å². The number of nitrogens with zero attached hydrogens (tertiary/aromatic N) is 2. The fourth-order valence-electron chi connectivity index (χ4n) is 3.00. The summed E-state index contributed by atoms with van der Waals surface area (Å²) in [4.78, 5) is 6.98. The van der Waals surface area contributed by atoms with E-state index < -0.39 is 0 Å². The number of rotatable bonds is 6. The van der Waals surface area contributed by atoms with E-state index >= 15 is 0 Å². The number of hydrogen-bond acceptors (Lipinski definition) is 4. The Morgan fingerprint density at radius 2 is 2.19 bits per heavy atom. The molecule has 1 aliphatic heterocycles. The van der Waals surface area contributed by atoms with E-state index in [9.17, 15) is 0 Å². The van der Waals surface area contributed by atoms with Crippen LogP contribution in [0.2, 0.25) is 0 Å². The van der Waals surface area contributed by atoms with Gasteiger partial charge in [-0.25, -0.2) is 4.98 Å². The Hall–Kier alpha value is -1.13. The summed E-state index contributed by atoms with van der Waals surface area (Å²) in [5.74, 6) is 1.73. The molecular formula is C17H27N3O. The maximum Gasteiger partial charge on any atom is 0.128 e. The van der Waals surface area contributed by atoms with E-state index in [1.807, 2.05) is 0 Å². The third-order valence-electron chi connectivity index (χ3n) is 4.35. The summed E-state index contributed by atoms with van der Waals surface area (Å²) in [6, 6.07) is 5.17. The number of nitrogens with one attached hydrogen (secondary N) is 1. The second kappa shape index (κ2) is 6.75. The zero-order chi connectivity index (χ0) is 14.7. The van der Waals surface area contributed by atoms with Crippen molar-refractivity contribution in [2.45, 2.75) is 45.2 Å². The van der Waals surface area contributed by atoms with Crippen LogP contribution in [0.4, 0.5) is 5.82 Å². The van der Waals surface area contributed by atoms with Gasteiger partial charge in [-0.2, -0.15) is 0 Å². The Balaban J connectivity index is 1.61. The van der Waals surface area contributed by atoms with E-state index in [0.29, 0.717) is 5.92 Å². The molecule has 0 radical (unpaired) electrons. The molecule has 4 nitrogen and oxygen atoms in total. The van der Waals surface area contributed by atoms with Crippen molar-refractivity contribution in [1.82, 2.24) is 10.3 Å². The Labute approximate surface area is 127 Å². The van der Waals surface area contributed by atoms with Crippen molar-refractivity contribution in [3.63, 3.8) is 0 Å². The molecular weight excluding hydrogens is 262 g/mol. The van der Waals surface area contributed by atoms with Gasteiger partial charge in [-0.15, -0.1) is 0 Å². The van der Waals surface area contributed by atoms with Crippen molar-refractivity contribution in [3.05, 3.63) is 23.4 Å². The lowest BCUT2D eigenvalue weighted by atomic mass is 10.0. The summed E-state index contributed by atoms with van der Waals surface area (Å²) in [5.41, 5.74) is 2.45. The molecule has 2 aliphatic rings. The van der Waals surface area contributed by atoms with E-state index in [1.54, 1.807) is 0 Å². The second-order valence-corrected chi connectivity index (χ2v) is 6.59. The van der Waals surface area contributed by atoms with Crippen LogP contribution in [-0.4, -0.2) is 37.8 Å². The van der Waals surface area contributed by atoms with Gasteiger partial charge in [-0.1, -0.05) is 0 Å². The molecule has 0 amide bonds. The molecule has 0 spiro atoms. The minimum absolute atomic E-state index is 0.638. The lowest BCUT2D eigenvalue weighted by Crippen LogP contribution is -2.31. The molecule has 1 saturated carbocycles. The second-order valence-electron chi connectivity index (χ2n) is 6.59. The van der Waals surface area contributed by atoms with Crippen LogP contribution in [0.15, 0.2) is 12.1 Å². The highest BCUT2D eigenvalue weighted by molar-refractivity contribution is 5.42.